The second kappa shape index (κ2) is 15.6. The molecule has 1 aliphatic heterocycles. The average Bonchev–Trinajstić information content (AvgIpc) is 3.32. The Morgan fingerprint density at radius 3 is 1.27 bits per heavy atom. The van der Waals surface area contributed by atoms with Crippen LogP contribution in [-0.2, 0) is 0 Å². The fourth-order valence-corrected chi connectivity index (χ4v) is 5.18. The van der Waals surface area contributed by atoms with Crippen LogP contribution in [0, 0.1) is 0 Å². The SMILES string of the molecule is CCCCCCCCCCCCCCCCCCCCN1C(=O)c2cscc2C1=O. The van der Waals surface area contributed by atoms with Crippen molar-refractivity contribution in [1.82, 2.24) is 4.90 Å². The van der Waals surface area contributed by atoms with E-state index < -0.39 is 0 Å². The van der Waals surface area contributed by atoms with Gasteiger partial charge in [-0.2, -0.15) is 11.3 Å². The molecular weight excluding hydrogens is 390 g/mol. The van der Waals surface area contributed by atoms with Gasteiger partial charge >= 0.3 is 0 Å². The third-order valence-corrected chi connectivity index (χ3v) is 7.09. The minimum atomic E-state index is -0.0942. The van der Waals surface area contributed by atoms with Gasteiger partial charge in [0.15, 0.2) is 0 Å². The van der Waals surface area contributed by atoms with Crippen molar-refractivity contribution in [1.29, 1.82) is 0 Å². The van der Waals surface area contributed by atoms with E-state index >= 15 is 0 Å². The predicted octanol–water partition coefficient (Wildman–Crippen LogP) is 8.39. The quantitative estimate of drug-likeness (QED) is 0.162. The monoisotopic (exact) mass is 433 g/mol. The highest BCUT2D eigenvalue weighted by molar-refractivity contribution is 7.08. The average molecular weight is 434 g/mol. The number of rotatable bonds is 19. The first-order valence-corrected chi connectivity index (χ1v) is 13.6. The van der Waals surface area contributed by atoms with E-state index in [2.05, 4.69) is 6.92 Å². The van der Waals surface area contributed by atoms with E-state index in [0.717, 1.165) is 12.8 Å². The van der Waals surface area contributed by atoms with Crippen LogP contribution in [0.25, 0.3) is 0 Å². The molecule has 0 aromatic carbocycles. The van der Waals surface area contributed by atoms with Crippen molar-refractivity contribution >= 4 is 23.2 Å². The fraction of sp³-hybridized carbons (Fsp3) is 0.769. The van der Waals surface area contributed by atoms with Crippen LogP contribution in [0.5, 0.6) is 0 Å². The summed E-state index contributed by atoms with van der Waals surface area (Å²) >= 11 is 1.43. The zero-order valence-electron chi connectivity index (χ0n) is 19.3. The van der Waals surface area contributed by atoms with E-state index in [1.165, 1.54) is 119 Å². The Morgan fingerprint density at radius 1 is 0.567 bits per heavy atom. The molecule has 0 radical (unpaired) electrons. The molecule has 0 unspecified atom stereocenters. The van der Waals surface area contributed by atoms with Crippen molar-refractivity contribution in [3.05, 3.63) is 21.9 Å². The normalized spacial score (nSPS) is 13.4. The standard InChI is InChI=1S/C26H43NO2S/c1-2-3-4-5-6-7-8-9-10-11-12-13-14-15-16-17-18-19-20-27-25(28)23-21-30-22-24(23)26(27)29/h21-22H,2-20H2,1H3. The van der Waals surface area contributed by atoms with E-state index in [1.54, 1.807) is 10.8 Å². The molecule has 0 aliphatic carbocycles. The summed E-state index contributed by atoms with van der Waals surface area (Å²) in [7, 11) is 0. The summed E-state index contributed by atoms with van der Waals surface area (Å²) in [6.45, 7) is 2.86. The molecule has 2 amide bonds. The van der Waals surface area contributed by atoms with Crippen LogP contribution in [0.2, 0.25) is 0 Å². The minimum Gasteiger partial charge on any atom is -0.274 e. The Morgan fingerprint density at radius 2 is 0.900 bits per heavy atom. The fourth-order valence-electron chi connectivity index (χ4n) is 4.39. The zero-order chi connectivity index (χ0) is 21.4. The van der Waals surface area contributed by atoms with Gasteiger partial charge < -0.3 is 0 Å². The van der Waals surface area contributed by atoms with Gasteiger partial charge in [0.1, 0.15) is 0 Å². The molecule has 0 bridgehead atoms. The van der Waals surface area contributed by atoms with E-state index in [4.69, 9.17) is 0 Å². The first-order valence-electron chi connectivity index (χ1n) is 12.7. The maximum absolute atomic E-state index is 12.2. The minimum absolute atomic E-state index is 0.0942. The van der Waals surface area contributed by atoms with Crippen LogP contribution in [0.3, 0.4) is 0 Å². The van der Waals surface area contributed by atoms with Crippen LogP contribution in [-0.4, -0.2) is 23.3 Å². The molecule has 170 valence electrons. The molecule has 0 spiro atoms. The maximum atomic E-state index is 12.2. The summed E-state index contributed by atoms with van der Waals surface area (Å²) in [5, 5.41) is 3.59. The molecule has 3 nitrogen and oxygen atoms in total. The van der Waals surface area contributed by atoms with E-state index in [9.17, 15) is 9.59 Å². The first-order chi connectivity index (χ1) is 14.8. The van der Waals surface area contributed by atoms with Gasteiger partial charge in [0.2, 0.25) is 0 Å². The molecule has 1 aliphatic rings. The van der Waals surface area contributed by atoms with Gasteiger partial charge in [-0.1, -0.05) is 116 Å². The highest BCUT2D eigenvalue weighted by Gasteiger charge is 2.35. The van der Waals surface area contributed by atoms with Gasteiger partial charge in [0.25, 0.3) is 11.8 Å². The number of carbonyl (C=O) groups excluding carboxylic acids is 2. The van der Waals surface area contributed by atoms with Gasteiger partial charge in [-0.15, -0.1) is 0 Å². The smallest absolute Gasteiger partial charge is 0.262 e. The van der Waals surface area contributed by atoms with Crippen LogP contribution < -0.4 is 0 Å². The molecule has 30 heavy (non-hydrogen) atoms. The molecule has 4 heteroatoms. The summed E-state index contributed by atoms with van der Waals surface area (Å²) < 4.78 is 0. The second-order valence-corrected chi connectivity index (χ2v) is 9.72. The van der Waals surface area contributed by atoms with E-state index in [-0.39, 0.29) is 11.8 Å². The Kier molecular flexibility index (Phi) is 13.1. The lowest BCUT2D eigenvalue weighted by Crippen LogP contribution is -2.30. The Bertz CT molecular complexity index is 579. The lowest BCUT2D eigenvalue weighted by molar-refractivity contribution is 0.0651. The third kappa shape index (κ3) is 8.91. The molecule has 2 rings (SSSR count). The van der Waals surface area contributed by atoms with Crippen molar-refractivity contribution in [2.45, 2.75) is 122 Å². The van der Waals surface area contributed by atoms with Crippen LogP contribution in [0.4, 0.5) is 0 Å². The van der Waals surface area contributed by atoms with Gasteiger partial charge in [-0.05, 0) is 6.42 Å². The number of hydrogen-bond acceptors (Lipinski definition) is 3. The van der Waals surface area contributed by atoms with Gasteiger partial charge in [0.05, 0.1) is 11.1 Å². The summed E-state index contributed by atoms with van der Waals surface area (Å²) in [5.74, 6) is -0.188. The molecule has 1 aromatic heterocycles. The van der Waals surface area contributed by atoms with Crippen LogP contribution in [0.15, 0.2) is 10.8 Å². The largest absolute Gasteiger partial charge is 0.274 e. The van der Waals surface area contributed by atoms with Gasteiger partial charge in [0, 0.05) is 17.3 Å². The van der Waals surface area contributed by atoms with E-state index in [1.807, 2.05) is 0 Å². The third-order valence-electron chi connectivity index (χ3n) is 6.35. The summed E-state index contributed by atoms with van der Waals surface area (Å²) in [6, 6.07) is 0. The number of hydrogen-bond donors (Lipinski definition) is 0. The molecule has 2 heterocycles. The van der Waals surface area contributed by atoms with Crippen molar-refractivity contribution in [2.24, 2.45) is 0 Å². The van der Waals surface area contributed by atoms with Crippen molar-refractivity contribution in [2.75, 3.05) is 6.54 Å². The number of amides is 2. The van der Waals surface area contributed by atoms with Gasteiger partial charge in [-0.3, -0.25) is 14.5 Å². The zero-order valence-corrected chi connectivity index (χ0v) is 20.1. The van der Waals surface area contributed by atoms with Crippen molar-refractivity contribution in [3.63, 3.8) is 0 Å². The molecule has 1 aromatic rings. The first kappa shape index (κ1) is 25.1. The Balaban J connectivity index is 1.30. The van der Waals surface area contributed by atoms with Crippen molar-refractivity contribution < 1.29 is 9.59 Å². The summed E-state index contributed by atoms with van der Waals surface area (Å²) in [5.41, 5.74) is 1.21. The molecule has 0 saturated heterocycles. The topological polar surface area (TPSA) is 37.4 Å². The number of fused-ring (bicyclic) bond motifs is 1. The number of carbonyl (C=O) groups is 2. The molecule has 0 N–H and O–H groups in total. The Labute approximate surface area is 188 Å². The number of imide groups is 1. The van der Waals surface area contributed by atoms with Crippen LogP contribution in [0.1, 0.15) is 143 Å². The van der Waals surface area contributed by atoms with Gasteiger partial charge in [-0.25, -0.2) is 0 Å². The maximum Gasteiger partial charge on any atom is 0.262 e. The lowest BCUT2D eigenvalue weighted by atomic mass is 10.0. The number of unbranched alkanes of at least 4 members (excludes halogenated alkanes) is 17. The second-order valence-electron chi connectivity index (χ2n) is 8.97. The highest BCUT2D eigenvalue weighted by atomic mass is 32.1. The molecular formula is C26H43NO2S. The molecule has 0 atom stereocenters. The summed E-state index contributed by atoms with van der Waals surface area (Å²) in [6.07, 6.45) is 24.3. The van der Waals surface area contributed by atoms with Crippen molar-refractivity contribution in [3.8, 4) is 0 Å². The lowest BCUT2D eigenvalue weighted by Gasteiger charge is -2.13. The summed E-state index contributed by atoms with van der Waals surface area (Å²) in [4.78, 5) is 25.8. The number of nitrogens with zero attached hydrogens (tertiary/aromatic N) is 1. The van der Waals surface area contributed by atoms with Crippen LogP contribution >= 0.6 is 11.3 Å². The predicted molar refractivity (Wildman–Crippen MR) is 128 cm³/mol. The Hall–Kier alpha value is -1.16. The molecule has 0 saturated carbocycles. The highest BCUT2D eigenvalue weighted by Crippen LogP contribution is 2.26. The molecule has 0 fully saturated rings. The van der Waals surface area contributed by atoms with E-state index in [0.29, 0.717) is 17.7 Å². The number of thiophene rings is 1.